The number of H-pyrrole nitrogens is 1. The number of esters is 1. The molecule has 1 spiro atoms. The van der Waals surface area contributed by atoms with E-state index in [0.717, 1.165) is 17.6 Å². The van der Waals surface area contributed by atoms with Gasteiger partial charge in [-0.3, -0.25) is 9.59 Å². The van der Waals surface area contributed by atoms with Gasteiger partial charge < -0.3 is 29.4 Å². The number of methoxy groups -OCH3 is 1. The maximum Gasteiger partial charge on any atom is 0.303 e. The molecule has 38 heavy (non-hydrogen) atoms. The first kappa shape index (κ1) is 25.6. The van der Waals surface area contributed by atoms with E-state index < -0.39 is 45.2 Å². The van der Waals surface area contributed by atoms with E-state index in [2.05, 4.69) is 31.0 Å². The van der Waals surface area contributed by atoms with Crippen molar-refractivity contribution in [3.05, 3.63) is 47.4 Å². The van der Waals surface area contributed by atoms with Gasteiger partial charge in [0.25, 0.3) is 5.79 Å². The molecule has 2 aromatic rings. The average Bonchev–Trinajstić information content (AvgIpc) is 3.45. The number of allylic oxidation sites excluding steroid dienone is 1. The third-order valence-corrected chi connectivity index (χ3v) is 10.8. The van der Waals surface area contributed by atoms with Crippen molar-refractivity contribution in [3.8, 4) is 0 Å². The molecule has 1 saturated carbocycles. The van der Waals surface area contributed by atoms with E-state index >= 15 is 0 Å². The van der Waals surface area contributed by atoms with Gasteiger partial charge in [-0.05, 0) is 63.2 Å². The Labute approximate surface area is 222 Å². The number of benzene rings is 1. The number of carbonyl (C=O) groups is 2. The monoisotopic (exact) mass is 523 g/mol. The highest BCUT2D eigenvalue weighted by molar-refractivity contribution is 5.91. The molecule has 3 N–H and O–H groups in total. The van der Waals surface area contributed by atoms with Gasteiger partial charge in [-0.1, -0.05) is 32.0 Å². The Bertz CT molecular complexity index is 1410. The molecule has 4 aliphatic rings. The van der Waals surface area contributed by atoms with E-state index in [1.54, 1.807) is 0 Å². The Hall–Kier alpha value is -2.68. The smallest absolute Gasteiger partial charge is 0.303 e. The number of para-hydroxylation sites is 1. The SMILES string of the molecule is COC1=CCC2(C)C3(C)c4[nH]c5ccccc5c4CC3CCC2(O)C12CC(=O)C(O)(C(C)(C)OC(C)=O)O2. The Morgan fingerprint density at radius 3 is 2.61 bits per heavy atom. The van der Waals surface area contributed by atoms with Crippen LogP contribution in [0.5, 0.6) is 0 Å². The average molecular weight is 524 g/mol. The lowest BCUT2D eigenvalue weighted by Crippen LogP contribution is -2.74. The van der Waals surface area contributed by atoms with Gasteiger partial charge in [0, 0.05) is 34.4 Å². The fourth-order valence-corrected chi connectivity index (χ4v) is 8.60. The van der Waals surface area contributed by atoms with Crippen LogP contribution < -0.4 is 0 Å². The van der Waals surface area contributed by atoms with Crippen LogP contribution >= 0.6 is 0 Å². The minimum atomic E-state index is -2.47. The third-order valence-electron chi connectivity index (χ3n) is 10.8. The number of Topliss-reactive ketones (excluding diaryl/α,β-unsaturated/α-hetero) is 1. The van der Waals surface area contributed by atoms with Crippen molar-refractivity contribution in [2.24, 2.45) is 11.3 Å². The van der Waals surface area contributed by atoms with E-state index in [4.69, 9.17) is 14.2 Å². The fourth-order valence-electron chi connectivity index (χ4n) is 8.60. The predicted molar refractivity (Wildman–Crippen MR) is 139 cm³/mol. The van der Waals surface area contributed by atoms with Crippen LogP contribution in [-0.2, 0) is 35.6 Å². The molecular weight excluding hydrogens is 486 g/mol. The molecule has 8 nitrogen and oxygen atoms in total. The molecule has 0 amide bonds. The highest BCUT2D eigenvalue weighted by Gasteiger charge is 2.80. The summed E-state index contributed by atoms with van der Waals surface area (Å²) < 4.78 is 17.6. The summed E-state index contributed by atoms with van der Waals surface area (Å²) in [5, 5.41) is 25.9. The van der Waals surface area contributed by atoms with Crippen molar-refractivity contribution in [3.63, 3.8) is 0 Å². The second-order valence-corrected chi connectivity index (χ2v) is 12.6. The summed E-state index contributed by atoms with van der Waals surface area (Å²) in [5.74, 6) is -3.18. The highest BCUT2D eigenvalue weighted by Crippen LogP contribution is 2.71. The zero-order valence-corrected chi connectivity index (χ0v) is 22.9. The first-order valence-corrected chi connectivity index (χ1v) is 13.4. The van der Waals surface area contributed by atoms with Crippen LogP contribution in [0.3, 0.4) is 0 Å². The van der Waals surface area contributed by atoms with Crippen LogP contribution in [0.25, 0.3) is 10.9 Å². The molecule has 1 aromatic carbocycles. The number of ketones is 1. The summed E-state index contributed by atoms with van der Waals surface area (Å²) >= 11 is 0. The molecule has 1 aromatic heterocycles. The maximum atomic E-state index is 13.6. The summed E-state index contributed by atoms with van der Waals surface area (Å²) in [6.45, 7) is 8.40. The Balaban J connectivity index is 1.54. The zero-order valence-electron chi connectivity index (χ0n) is 22.9. The minimum absolute atomic E-state index is 0.279. The van der Waals surface area contributed by atoms with Gasteiger partial charge in [0.1, 0.15) is 11.4 Å². The van der Waals surface area contributed by atoms with Gasteiger partial charge in [-0.25, -0.2) is 0 Å². The predicted octanol–water partition coefficient (Wildman–Crippen LogP) is 3.82. The lowest BCUT2D eigenvalue weighted by atomic mass is 9.41. The summed E-state index contributed by atoms with van der Waals surface area (Å²) in [6.07, 6.45) is 4.07. The normalized spacial score (nSPS) is 40.1. The topological polar surface area (TPSA) is 118 Å². The summed E-state index contributed by atoms with van der Waals surface area (Å²) in [6, 6.07) is 8.27. The fraction of sp³-hybridized carbons (Fsp3) is 0.600. The number of fused-ring (bicyclic) bond motifs is 8. The summed E-state index contributed by atoms with van der Waals surface area (Å²) in [4.78, 5) is 29.2. The van der Waals surface area contributed by atoms with Crippen molar-refractivity contribution >= 4 is 22.7 Å². The van der Waals surface area contributed by atoms with E-state index in [-0.39, 0.29) is 12.3 Å². The summed E-state index contributed by atoms with van der Waals surface area (Å²) in [5.41, 5.74) is -2.71. The van der Waals surface area contributed by atoms with Crippen molar-refractivity contribution in [2.45, 2.75) is 94.7 Å². The van der Waals surface area contributed by atoms with Gasteiger partial charge >= 0.3 is 5.97 Å². The molecule has 1 aliphatic heterocycles. The van der Waals surface area contributed by atoms with Crippen molar-refractivity contribution in [1.29, 1.82) is 0 Å². The van der Waals surface area contributed by atoms with Crippen LogP contribution in [0.2, 0.25) is 0 Å². The van der Waals surface area contributed by atoms with Crippen LogP contribution in [0.15, 0.2) is 36.1 Å². The van der Waals surface area contributed by atoms with E-state index in [0.29, 0.717) is 25.0 Å². The van der Waals surface area contributed by atoms with Crippen molar-refractivity contribution < 1.29 is 34.0 Å². The Kier molecular flexibility index (Phi) is 5.04. The highest BCUT2D eigenvalue weighted by atomic mass is 16.7. The van der Waals surface area contributed by atoms with Gasteiger partial charge in [-0.15, -0.1) is 0 Å². The molecule has 6 atom stereocenters. The molecule has 2 heterocycles. The number of ether oxygens (including phenoxy) is 3. The van der Waals surface area contributed by atoms with Crippen molar-refractivity contribution in [2.75, 3.05) is 7.11 Å². The molecule has 0 bridgehead atoms. The molecule has 2 fully saturated rings. The first-order valence-electron chi connectivity index (χ1n) is 13.4. The van der Waals surface area contributed by atoms with Crippen LogP contribution in [-0.4, -0.2) is 56.6 Å². The molecular formula is C30H37NO7. The van der Waals surface area contributed by atoms with Gasteiger partial charge in [0.15, 0.2) is 17.0 Å². The van der Waals surface area contributed by atoms with E-state index in [1.165, 1.54) is 38.8 Å². The van der Waals surface area contributed by atoms with Gasteiger partial charge in [0.2, 0.25) is 0 Å². The number of carbonyl (C=O) groups excluding carboxylic acids is 2. The molecule has 8 heteroatoms. The second kappa shape index (κ2) is 7.49. The second-order valence-electron chi connectivity index (χ2n) is 12.6. The quantitative estimate of drug-likeness (QED) is 0.524. The number of nitrogens with one attached hydrogen (secondary N) is 1. The first-order chi connectivity index (χ1) is 17.7. The standard InChI is InChI=1S/C30H37NO7/c1-17(32)37-25(2,3)30(35)22(33)16-28(38-30)23(36-6)12-13-26(4)27(5)18(11-14-29(26,28)34)15-20-19-9-7-8-10-21(19)31-24(20)27/h7-10,12,18,31,34-35H,11,13-16H2,1-6H3. The molecule has 6 unspecified atom stereocenters. The van der Waals surface area contributed by atoms with Gasteiger partial charge in [-0.2, -0.15) is 0 Å². The number of rotatable bonds is 3. The Morgan fingerprint density at radius 2 is 1.92 bits per heavy atom. The number of hydrogen-bond donors (Lipinski definition) is 3. The molecule has 204 valence electrons. The van der Waals surface area contributed by atoms with E-state index in [9.17, 15) is 19.8 Å². The number of aromatic amines is 1. The van der Waals surface area contributed by atoms with Crippen LogP contribution in [0, 0.1) is 11.3 Å². The number of aromatic nitrogens is 1. The molecule has 6 rings (SSSR count). The molecule has 1 saturated heterocycles. The maximum absolute atomic E-state index is 13.6. The third kappa shape index (κ3) is 2.66. The summed E-state index contributed by atoms with van der Waals surface area (Å²) in [7, 11) is 1.49. The Morgan fingerprint density at radius 1 is 1.21 bits per heavy atom. The molecule has 3 aliphatic carbocycles. The molecule has 0 radical (unpaired) electrons. The number of aliphatic hydroxyl groups is 2. The largest absolute Gasteiger partial charge is 0.498 e. The lowest BCUT2D eigenvalue weighted by Gasteiger charge is -2.66. The lowest BCUT2D eigenvalue weighted by molar-refractivity contribution is -0.339. The minimum Gasteiger partial charge on any atom is -0.498 e. The van der Waals surface area contributed by atoms with E-state index in [1.807, 2.05) is 18.2 Å². The van der Waals surface area contributed by atoms with Gasteiger partial charge in [0.05, 0.1) is 13.5 Å². The number of hydrogen-bond acceptors (Lipinski definition) is 7. The van der Waals surface area contributed by atoms with Crippen molar-refractivity contribution in [1.82, 2.24) is 4.98 Å². The van der Waals surface area contributed by atoms with Crippen LogP contribution in [0.4, 0.5) is 0 Å². The zero-order chi connectivity index (χ0) is 27.5. The van der Waals surface area contributed by atoms with Crippen LogP contribution in [0.1, 0.15) is 71.6 Å².